The molecule has 30 heavy (non-hydrogen) atoms. The number of aromatic amines is 1. The number of rotatable bonds is 7. The van der Waals surface area contributed by atoms with Gasteiger partial charge in [0.1, 0.15) is 0 Å². The number of nitrogens with one attached hydrogen (secondary N) is 2. The lowest BCUT2D eigenvalue weighted by atomic mass is 9.87. The summed E-state index contributed by atoms with van der Waals surface area (Å²) in [5, 5.41) is 6.11. The molecule has 4 nitrogen and oxygen atoms in total. The van der Waals surface area contributed by atoms with Crippen LogP contribution in [-0.2, 0) is 4.79 Å². The Labute approximate surface area is 177 Å². The van der Waals surface area contributed by atoms with Crippen LogP contribution in [0.5, 0.6) is 0 Å². The van der Waals surface area contributed by atoms with E-state index in [2.05, 4.69) is 88.4 Å². The van der Waals surface area contributed by atoms with Gasteiger partial charge in [-0.25, -0.2) is 0 Å². The Bertz CT molecular complexity index is 1120. The van der Waals surface area contributed by atoms with E-state index in [0.29, 0.717) is 0 Å². The third-order valence-electron chi connectivity index (χ3n) is 5.74. The van der Waals surface area contributed by atoms with Crippen molar-refractivity contribution in [3.05, 3.63) is 96.1 Å². The van der Waals surface area contributed by atoms with Gasteiger partial charge in [-0.2, -0.15) is 0 Å². The maximum Gasteiger partial charge on any atom is 0.277 e. The Morgan fingerprint density at radius 1 is 0.933 bits per heavy atom. The number of quaternary nitrogens is 1. The van der Waals surface area contributed by atoms with Gasteiger partial charge in [0, 0.05) is 18.0 Å². The van der Waals surface area contributed by atoms with Gasteiger partial charge >= 0.3 is 0 Å². The molecule has 4 aromatic rings. The molecule has 0 aliphatic heterocycles. The van der Waals surface area contributed by atoms with E-state index in [1.165, 1.54) is 22.1 Å². The maximum atomic E-state index is 12.1. The summed E-state index contributed by atoms with van der Waals surface area (Å²) < 4.78 is 0. The van der Waals surface area contributed by atoms with Crippen LogP contribution in [0.3, 0.4) is 0 Å². The average molecular weight is 399 g/mol. The van der Waals surface area contributed by atoms with Crippen LogP contribution in [0, 0.1) is 0 Å². The first-order valence-corrected chi connectivity index (χ1v) is 10.4. The fourth-order valence-electron chi connectivity index (χ4n) is 4.14. The normalized spacial score (nSPS) is 13.1. The van der Waals surface area contributed by atoms with Crippen molar-refractivity contribution in [2.24, 2.45) is 0 Å². The second kappa shape index (κ2) is 8.97. The number of carbonyl (C=O) groups is 1. The summed E-state index contributed by atoms with van der Waals surface area (Å²) in [5.74, 6) is 0.189. The number of amides is 1. The van der Waals surface area contributed by atoms with Crippen molar-refractivity contribution in [2.75, 3.05) is 13.6 Å². The number of hydrogen-bond acceptors (Lipinski definition) is 1. The number of carbonyl (C=O) groups excluding carboxylic acids is 1. The largest absolute Gasteiger partial charge is 0.354 e. The van der Waals surface area contributed by atoms with Crippen LogP contribution in [0.4, 0.5) is 0 Å². The van der Waals surface area contributed by atoms with Crippen molar-refractivity contribution >= 4 is 16.8 Å². The molecular formula is C26H28N3O+. The number of benzene rings is 3. The van der Waals surface area contributed by atoms with Crippen LogP contribution < -0.4 is 10.6 Å². The Hall–Kier alpha value is -3.37. The predicted molar refractivity (Wildman–Crippen MR) is 122 cm³/mol. The fraction of sp³-hybridized carbons (Fsp3) is 0.192. The van der Waals surface area contributed by atoms with Gasteiger partial charge in [0.25, 0.3) is 5.91 Å². The van der Waals surface area contributed by atoms with Crippen molar-refractivity contribution in [3.63, 3.8) is 0 Å². The Balaban J connectivity index is 1.85. The van der Waals surface area contributed by atoms with E-state index in [9.17, 15) is 4.79 Å². The number of fused-ring (bicyclic) bond motifs is 1. The molecule has 0 fully saturated rings. The van der Waals surface area contributed by atoms with E-state index in [-0.39, 0.29) is 17.9 Å². The van der Waals surface area contributed by atoms with Gasteiger partial charge < -0.3 is 15.6 Å². The van der Waals surface area contributed by atoms with Gasteiger partial charge in [0.15, 0.2) is 6.04 Å². The number of aromatic nitrogens is 1. The highest BCUT2D eigenvalue weighted by molar-refractivity contribution is 5.92. The maximum absolute atomic E-state index is 12.1. The van der Waals surface area contributed by atoms with E-state index in [0.717, 1.165) is 17.8 Å². The zero-order valence-electron chi connectivity index (χ0n) is 17.4. The molecule has 1 amide bonds. The Kier molecular flexibility index (Phi) is 5.96. The standard InChI is InChI=1S/C26H27N3O/c1-18(26(30)27-2)28-17-22(19-11-5-3-6-12-19)24-21-15-9-10-16-23(21)29-25(24)20-13-7-4-8-14-20/h3-16,18,22,28-29H,17H2,1-2H3,(H,27,30)/p+1/t18-,22+/m0/s1. The number of H-pyrrole nitrogens is 1. The zero-order valence-corrected chi connectivity index (χ0v) is 17.4. The highest BCUT2D eigenvalue weighted by Gasteiger charge is 2.26. The first-order chi connectivity index (χ1) is 14.7. The summed E-state index contributed by atoms with van der Waals surface area (Å²) in [4.78, 5) is 15.8. The van der Waals surface area contributed by atoms with Gasteiger partial charge in [0.05, 0.1) is 18.2 Å². The van der Waals surface area contributed by atoms with Gasteiger partial charge in [-0.15, -0.1) is 0 Å². The fourth-order valence-corrected chi connectivity index (χ4v) is 4.14. The van der Waals surface area contributed by atoms with E-state index in [4.69, 9.17) is 0 Å². The van der Waals surface area contributed by atoms with E-state index in [1.807, 2.05) is 19.1 Å². The van der Waals surface area contributed by atoms with Gasteiger partial charge in [-0.1, -0.05) is 78.9 Å². The lowest BCUT2D eigenvalue weighted by Gasteiger charge is -2.20. The summed E-state index contributed by atoms with van der Waals surface area (Å²) >= 11 is 0. The van der Waals surface area contributed by atoms with Crippen LogP contribution >= 0.6 is 0 Å². The molecule has 0 bridgehead atoms. The average Bonchev–Trinajstić information content (AvgIpc) is 3.19. The first kappa shape index (κ1) is 19.9. The molecule has 1 heterocycles. The number of likely N-dealkylation sites (N-methyl/N-ethyl adjacent to an activating group) is 1. The third kappa shape index (κ3) is 4.00. The molecule has 0 spiro atoms. The minimum Gasteiger partial charge on any atom is -0.354 e. The first-order valence-electron chi connectivity index (χ1n) is 10.4. The molecule has 0 saturated heterocycles. The topological polar surface area (TPSA) is 61.5 Å². The van der Waals surface area contributed by atoms with Crippen LogP contribution in [0.1, 0.15) is 24.0 Å². The lowest BCUT2D eigenvalue weighted by molar-refractivity contribution is -0.674. The van der Waals surface area contributed by atoms with Crippen molar-refractivity contribution in [1.29, 1.82) is 0 Å². The molecule has 0 saturated carbocycles. The third-order valence-corrected chi connectivity index (χ3v) is 5.74. The van der Waals surface area contributed by atoms with Crippen molar-refractivity contribution in [3.8, 4) is 11.3 Å². The predicted octanol–water partition coefficient (Wildman–Crippen LogP) is 3.66. The van der Waals surface area contributed by atoms with Gasteiger partial charge in [0.2, 0.25) is 0 Å². The molecule has 0 aliphatic carbocycles. The smallest absolute Gasteiger partial charge is 0.277 e. The summed E-state index contributed by atoms with van der Waals surface area (Å²) in [5.41, 5.74) is 5.98. The summed E-state index contributed by atoms with van der Waals surface area (Å²) in [7, 11) is 1.69. The molecule has 2 atom stereocenters. The van der Waals surface area contributed by atoms with Crippen molar-refractivity contribution < 1.29 is 10.1 Å². The Morgan fingerprint density at radius 3 is 2.27 bits per heavy atom. The quantitative estimate of drug-likeness (QED) is 0.437. The van der Waals surface area contributed by atoms with E-state index < -0.39 is 0 Å². The van der Waals surface area contributed by atoms with E-state index in [1.54, 1.807) is 7.05 Å². The minimum atomic E-state index is -0.147. The summed E-state index contributed by atoms with van der Waals surface area (Å²) in [6.07, 6.45) is 0. The van der Waals surface area contributed by atoms with Crippen LogP contribution in [0.25, 0.3) is 22.2 Å². The van der Waals surface area contributed by atoms with E-state index >= 15 is 0 Å². The highest BCUT2D eigenvalue weighted by atomic mass is 16.2. The molecule has 4 heteroatoms. The van der Waals surface area contributed by atoms with Gasteiger partial charge in [-0.05, 0) is 29.7 Å². The number of nitrogens with two attached hydrogens (primary N) is 1. The highest BCUT2D eigenvalue weighted by Crippen LogP contribution is 2.38. The molecule has 4 rings (SSSR count). The zero-order chi connectivity index (χ0) is 20.9. The van der Waals surface area contributed by atoms with Gasteiger partial charge in [-0.3, -0.25) is 4.79 Å². The second-order valence-electron chi connectivity index (χ2n) is 7.66. The molecule has 0 unspecified atom stereocenters. The summed E-state index contributed by atoms with van der Waals surface area (Å²) in [6.45, 7) is 2.73. The molecule has 152 valence electrons. The molecule has 0 aliphatic rings. The molecule has 1 aromatic heterocycles. The van der Waals surface area contributed by atoms with Crippen LogP contribution in [0.2, 0.25) is 0 Å². The second-order valence-corrected chi connectivity index (χ2v) is 7.66. The number of para-hydroxylation sites is 1. The minimum absolute atomic E-state index is 0.0454. The lowest BCUT2D eigenvalue weighted by Crippen LogP contribution is -2.92. The van der Waals surface area contributed by atoms with Crippen molar-refractivity contribution in [2.45, 2.75) is 18.9 Å². The summed E-state index contributed by atoms with van der Waals surface area (Å²) in [6, 6.07) is 29.4. The molecule has 0 radical (unpaired) electrons. The monoisotopic (exact) mass is 398 g/mol. The van der Waals surface area contributed by atoms with Crippen LogP contribution in [-0.4, -0.2) is 30.5 Å². The number of hydrogen-bond donors (Lipinski definition) is 3. The molecular weight excluding hydrogens is 370 g/mol. The molecule has 4 N–H and O–H groups in total. The van der Waals surface area contributed by atoms with Crippen molar-refractivity contribution in [1.82, 2.24) is 10.3 Å². The molecule has 3 aromatic carbocycles. The Morgan fingerprint density at radius 2 is 1.57 bits per heavy atom. The van der Waals surface area contributed by atoms with Crippen LogP contribution in [0.15, 0.2) is 84.9 Å². The SMILES string of the molecule is CNC(=O)[C@H](C)[NH2+]C[C@H](c1ccccc1)c1c(-c2ccccc2)[nH]c2ccccc12.